The number of nitrogens with two attached hydrogens (primary N) is 1. The van der Waals surface area contributed by atoms with Gasteiger partial charge >= 0.3 is 0 Å². The zero-order valence-corrected chi connectivity index (χ0v) is 18.7. The first-order chi connectivity index (χ1) is 14.2. The van der Waals surface area contributed by atoms with Crippen molar-refractivity contribution in [2.75, 3.05) is 52.2 Å². The molecule has 0 amide bonds. The van der Waals surface area contributed by atoms with Crippen molar-refractivity contribution in [1.29, 1.82) is 0 Å². The predicted molar refractivity (Wildman–Crippen MR) is 122 cm³/mol. The number of hydrogen-bond donors (Lipinski definition) is 1. The molecule has 1 aliphatic heterocycles. The van der Waals surface area contributed by atoms with E-state index in [1.54, 1.807) is 7.11 Å². The monoisotopic (exact) mass is 507 g/mol. The Bertz CT molecular complexity index is 951. The van der Waals surface area contributed by atoms with Crippen molar-refractivity contribution in [3.05, 3.63) is 39.9 Å². The van der Waals surface area contributed by atoms with E-state index in [0.29, 0.717) is 5.82 Å². The molecule has 0 bridgehead atoms. The smallest absolute Gasteiger partial charge is 0.169 e. The highest BCUT2D eigenvalue weighted by Gasteiger charge is 2.17. The van der Waals surface area contributed by atoms with Crippen LogP contribution in [0, 0.1) is 3.70 Å². The summed E-state index contributed by atoms with van der Waals surface area (Å²) in [5.74, 6) is 0.462. The summed E-state index contributed by atoms with van der Waals surface area (Å²) in [6.07, 6.45) is 2.59. The van der Waals surface area contributed by atoms with Gasteiger partial charge in [0.1, 0.15) is 15.8 Å². The Morgan fingerprint density at radius 3 is 2.52 bits per heavy atom. The normalized spacial score (nSPS) is 15.9. The average molecular weight is 507 g/mol. The minimum absolute atomic E-state index is 0.462. The number of benzene rings is 1. The van der Waals surface area contributed by atoms with Gasteiger partial charge in [0.25, 0.3) is 0 Å². The molecule has 0 atom stereocenters. The van der Waals surface area contributed by atoms with Crippen molar-refractivity contribution in [2.45, 2.75) is 13.0 Å². The van der Waals surface area contributed by atoms with Gasteiger partial charge in [-0.25, -0.2) is 14.6 Å². The van der Waals surface area contributed by atoms with Crippen LogP contribution in [0.5, 0.6) is 0 Å². The van der Waals surface area contributed by atoms with E-state index >= 15 is 0 Å². The molecule has 0 radical (unpaired) electrons. The minimum atomic E-state index is 0.462. The number of nitrogen functional groups attached to an aromatic ring is 1. The summed E-state index contributed by atoms with van der Waals surface area (Å²) in [7, 11) is 1.77. The van der Waals surface area contributed by atoms with Crippen molar-refractivity contribution in [3.63, 3.8) is 0 Å². The van der Waals surface area contributed by atoms with Crippen LogP contribution < -0.4 is 5.73 Å². The maximum atomic E-state index is 6.00. The van der Waals surface area contributed by atoms with Crippen molar-refractivity contribution in [3.8, 4) is 5.69 Å². The molecule has 2 N–H and O–H groups in total. The first-order valence-corrected chi connectivity index (χ1v) is 10.9. The number of nitrogens with zero attached hydrogens (tertiary/aromatic N) is 6. The lowest BCUT2D eigenvalue weighted by Crippen LogP contribution is -2.46. The SMILES string of the molecule is COCCCN1CCN(Cc2ccc(-n3nc(I)c4c(N)ncnc43)cc2)CC1. The largest absolute Gasteiger partial charge is 0.385 e. The van der Waals surface area contributed by atoms with Gasteiger partial charge in [0, 0.05) is 53.0 Å². The maximum absolute atomic E-state index is 6.00. The van der Waals surface area contributed by atoms with Crippen LogP contribution in [0.15, 0.2) is 30.6 Å². The molecule has 0 saturated carbocycles. The highest BCUT2D eigenvalue weighted by Crippen LogP contribution is 2.25. The maximum Gasteiger partial charge on any atom is 0.169 e. The molecular formula is C20H26IN7O. The van der Waals surface area contributed by atoms with E-state index < -0.39 is 0 Å². The summed E-state index contributed by atoms with van der Waals surface area (Å²) in [6, 6.07) is 8.53. The van der Waals surface area contributed by atoms with Gasteiger partial charge in [0.2, 0.25) is 0 Å². The summed E-state index contributed by atoms with van der Waals surface area (Å²) in [6.45, 7) is 7.40. The van der Waals surface area contributed by atoms with E-state index in [1.165, 1.54) is 11.9 Å². The first-order valence-electron chi connectivity index (χ1n) is 9.83. The van der Waals surface area contributed by atoms with Crippen molar-refractivity contribution in [1.82, 2.24) is 29.5 Å². The van der Waals surface area contributed by atoms with E-state index in [2.05, 4.69) is 71.7 Å². The molecule has 9 heteroatoms. The lowest BCUT2D eigenvalue weighted by molar-refractivity contribution is 0.113. The number of rotatable bonds is 7. The number of aromatic nitrogens is 4. The second-order valence-electron chi connectivity index (χ2n) is 7.29. The summed E-state index contributed by atoms with van der Waals surface area (Å²) >= 11 is 2.18. The number of halogens is 1. The Kier molecular flexibility index (Phi) is 6.58. The Labute approximate surface area is 184 Å². The zero-order valence-electron chi connectivity index (χ0n) is 16.6. The number of fused-ring (bicyclic) bond motifs is 1. The first kappa shape index (κ1) is 20.5. The topological polar surface area (TPSA) is 85.3 Å². The second-order valence-corrected chi connectivity index (χ2v) is 8.31. The quantitative estimate of drug-likeness (QED) is 0.388. The Hall–Kier alpha value is -1.82. The summed E-state index contributed by atoms with van der Waals surface area (Å²) < 4.78 is 7.79. The molecule has 2 aromatic heterocycles. The Morgan fingerprint density at radius 2 is 1.79 bits per heavy atom. The molecule has 1 aromatic carbocycles. The number of methoxy groups -OCH3 is 1. The second kappa shape index (κ2) is 9.33. The Morgan fingerprint density at radius 1 is 1.07 bits per heavy atom. The number of ether oxygens (including phenoxy) is 1. The molecular weight excluding hydrogens is 481 g/mol. The molecule has 1 aliphatic rings. The summed E-state index contributed by atoms with van der Waals surface area (Å²) in [4.78, 5) is 13.5. The minimum Gasteiger partial charge on any atom is -0.385 e. The molecule has 0 unspecified atom stereocenters. The van der Waals surface area contributed by atoms with Crippen molar-refractivity contribution < 1.29 is 4.74 Å². The van der Waals surface area contributed by atoms with Crippen LogP contribution in [0.25, 0.3) is 16.7 Å². The van der Waals surface area contributed by atoms with Gasteiger partial charge in [-0.15, -0.1) is 0 Å². The summed E-state index contributed by atoms with van der Waals surface area (Å²) in [5.41, 5.74) is 9.01. The van der Waals surface area contributed by atoms with E-state index in [9.17, 15) is 0 Å². The molecule has 154 valence electrons. The fourth-order valence-electron chi connectivity index (χ4n) is 3.72. The van der Waals surface area contributed by atoms with E-state index in [0.717, 1.165) is 72.7 Å². The standard InChI is InChI=1S/C20H26IN7O/c1-29-12-2-7-26-8-10-27(11-9-26)13-15-3-5-16(6-4-15)28-20-17(18(21)25-28)19(22)23-14-24-20/h3-6,14H,2,7-13H2,1H3,(H2,22,23,24). The van der Waals surface area contributed by atoms with Gasteiger partial charge in [0.05, 0.1) is 11.1 Å². The average Bonchev–Trinajstić information content (AvgIpc) is 3.08. The number of piperazine rings is 1. The van der Waals surface area contributed by atoms with Gasteiger partial charge in [-0.2, -0.15) is 5.10 Å². The van der Waals surface area contributed by atoms with Crippen LogP contribution in [0.2, 0.25) is 0 Å². The predicted octanol–water partition coefficient (Wildman–Crippen LogP) is 2.16. The van der Waals surface area contributed by atoms with Crippen LogP contribution in [0.1, 0.15) is 12.0 Å². The molecule has 3 heterocycles. The van der Waals surface area contributed by atoms with Gasteiger partial charge in [-0.05, 0) is 46.7 Å². The molecule has 4 rings (SSSR count). The molecule has 0 spiro atoms. The van der Waals surface area contributed by atoms with Gasteiger partial charge in [-0.3, -0.25) is 4.90 Å². The van der Waals surface area contributed by atoms with Crippen LogP contribution in [-0.2, 0) is 11.3 Å². The van der Waals surface area contributed by atoms with E-state index in [4.69, 9.17) is 10.5 Å². The lowest BCUT2D eigenvalue weighted by Gasteiger charge is -2.34. The van der Waals surface area contributed by atoms with E-state index in [1.807, 2.05) is 4.68 Å². The highest BCUT2D eigenvalue weighted by molar-refractivity contribution is 14.1. The third kappa shape index (κ3) is 4.68. The van der Waals surface area contributed by atoms with E-state index in [-0.39, 0.29) is 0 Å². The third-order valence-corrected chi connectivity index (χ3v) is 6.08. The molecule has 1 saturated heterocycles. The lowest BCUT2D eigenvalue weighted by atomic mass is 10.1. The fraction of sp³-hybridized carbons (Fsp3) is 0.450. The van der Waals surface area contributed by atoms with Crippen molar-refractivity contribution in [2.24, 2.45) is 0 Å². The van der Waals surface area contributed by atoms with Gasteiger partial charge in [0.15, 0.2) is 5.65 Å². The number of anilines is 1. The molecule has 0 aliphatic carbocycles. The van der Waals surface area contributed by atoms with Crippen LogP contribution in [-0.4, -0.2) is 76.0 Å². The fourth-order valence-corrected chi connectivity index (χ4v) is 4.45. The summed E-state index contributed by atoms with van der Waals surface area (Å²) in [5, 5.41) is 5.41. The molecule has 8 nitrogen and oxygen atoms in total. The molecule has 3 aromatic rings. The molecule has 1 fully saturated rings. The van der Waals surface area contributed by atoms with Crippen LogP contribution >= 0.6 is 22.6 Å². The zero-order chi connectivity index (χ0) is 20.2. The van der Waals surface area contributed by atoms with Gasteiger partial charge in [-0.1, -0.05) is 12.1 Å². The Balaban J connectivity index is 1.39. The van der Waals surface area contributed by atoms with Gasteiger partial charge < -0.3 is 15.4 Å². The number of hydrogen-bond acceptors (Lipinski definition) is 7. The molecule has 29 heavy (non-hydrogen) atoms. The third-order valence-electron chi connectivity index (χ3n) is 5.33. The van der Waals surface area contributed by atoms with Crippen molar-refractivity contribution >= 4 is 39.4 Å². The highest BCUT2D eigenvalue weighted by atomic mass is 127. The van der Waals surface area contributed by atoms with Crippen LogP contribution in [0.3, 0.4) is 0 Å². The van der Waals surface area contributed by atoms with Crippen LogP contribution in [0.4, 0.5) is 5.82 Å².